The highest BCUT2D eigenvalue weighted by molar-refractivity contribution is 14.1. The fraction of sp³-hybridized carbons (Fsp3) is 0.538. The molecule has 0 radical (unpaired) electrons. The third-order valence-corrected chi connectivity index (χ3v) is 5.76. The summed E-state index contributed by atoms with van der Waals surface area (Å²) in [5.74, 6) is 0.574. The van der Waals surface area contributed by atoms with Crippen LogP contribution in [0.1, 0.15) is 12.8 Å². The van der Waals surface area contributed by atoms with Crippen LogP contribution < -0.4 is 10.0 Å². The van der Waals surface area contributed by atoms with Crippen molar-refractivity contribution in [3.8, 4) is 0 Å². The molecule has 5 nitrogen and oxygen atoms in total. The summed E-state index contributed by atoms with van der Waals surface area (Å²) in [7, 11) is -1.50. The zero-order valence-corrected chi connectivity index (χ0v) is 14.4. The van der Waals surface area contributed by atoms with Crippen LogP contribution >= 0.6 is 22.6 Å². The Kier molecular flexibility index (Phi) is 5.65. The predicted octanol–water partition coefficient (Wildman–Crippen LogP) is 1.88. The molecule has 2 rings (SSSR count). The summed E-state index contributed by atoms with van der Waals surface area (Å²) < 4.78 is 29.9. The maximum atomic E-state index is 12.3. The van der Waals surface area contributed by atoms with Crippen LogP contribution in [0.3, 0.4) is 0 Å². The van der Waals surface area contributed by atoms with Crippen molar-refractivity contribution in [1.29, 1.82) is 0 Å². The van der Waals surface area contributed by atoms with Crippen LogP contribution in [0.4, 0.5) is 5.69 Å². The molecule has 0 aromatic heterocycles. The fourth-order valence-electron chi connectivity index (χ4n) is 2.37. The van der Waals surface area contributed by atoms with Crippen molar-refractivity contribution in [2.75, 3.05) is 31.4 Å². The Morgan fingerprint density at radius 2 is 1.85 bits per heavy atom. The van der Waals surface area contributed by atoms with E-state index >= 15 is 0 Å². The van der Waals surface area contributed by atoms with E-state index in [9.17, 15) is 8.42 Å². The first-order valence-electron chi connectivity index (χ1n) is 6.69. The van der Waals surface area contributed by atoms with E-state index in [4.69, 9.17) is 0 Å². The maximum absolute atomic E-state index is 12.3. The summed E-state index contributed by atoms with van der Waals surface area (Å²) in [5.41, 5.74) is 0.614. The molecule has 20 heavy (non-hydrogen) atoms. The molecule has 0 atom stereocenters. The number of anilines is 1. The SMILES string of the molecule is CNCC1CCN(S(=O)(=O)Nc2ccc(I)cc2)CC1. The Labute approximate surface area is 134 Å². The van der Waals surface area contributed by atoms with Gasteiger partial charge in [-0.1, -0.05) is 0 Å². The molecular formula is C13H20IN3O2S. The van der Waals surface area contributed by atoms with Crippen molar-refractivity contribution in [2.45, 2.75) is 12.8 Å². The van der Waals surface area contributed by atoms with Crippen molar-refractivity contribution < 1.29 is 8.42 Å². The zero-order valence-electron chi connectivity index (χ0n) is 11.5. The Morgan fingerprint density at radius 3 is 2.40 bits per heavy atom. The monoisotopic (exact) mass is 409 g/mol. The summed E-state index contributed by atoms with van der Waals surface area (Å²) >= 11 is 2.19. The molecule has 0 unspecified atom stereocenters. The van der Waals surface area contributed by atoms with Gasteiger partial charge in [-0.3, -0.25) is 4.72 Å². The number of hydrogen-bond acceptors (Lipinski definition) is 3. The van der Waals surface area contributed by atoms with Crippen LogP contribution in [0.2, 0.25) is 0 Å². The number of hydrogen-bond donors (Lipinski definition) is 2. The van der Waals surface area contributed by atoms with Gasteiger partial charge in [-0.25, -0.2) is 0 Å². The first-order valence-corrected chi connectivity index (χ1v) is 9.21. The minimum Gasteiger partial charge on any atom is -0.319 e. The van der Waals surface area contributed by atoms with Crippen molar-refractivity contribution in [3.63, 3.8) is 0 Å². The standard InChI is InChI=1S/C13H20IN3O2S/c1-15-10-11-6-8-17(9-7-11)20(18,19)16-13-4-2-12(14)3-5-13/h2-5,11,15-16H,6-10H2,1H3. The number of piperidine rings is 1. The summed E-state index contributed by atoms with van der Waals surface area (Å²) in [6.45, 7) is 2.14. The minimum atomic E-state index is -3.43. The molecule has 1 fully saturated rings. The molecule has 1 aliphatic rings. The van der Waals surface area contributed by atoms with Crippen LogP contribution in [-0.2, 0) is 10.2 Å². The number of nitrogens with zero attached hydrogens (tertiary/aromatic N) is 1. The predicted molar refractivity (Wildman–Crippen MR) is 89.9 cm³/mol. The second-order valence-electron chi connectivity index (χ2n) is 5.01. The first-order chi connectivity index (χ1) is 9.51. The number of benzene rings is 1. The third-order valence-electron chi connectivity index (χ3n) is 3.50. The van der Waals surface area contributed by atoms with Gasteiger partial charge in [0.25, 0.3) is 0 Å². The van der Waals surface area contributed by atoms with Crippen molar-refractivity contribution in [2.24, 2.45) is 5.92 Å². The Balaban J connectivity index is 1.96. The molecular weight excluding hydrogens is 389 g/mol. The Morgan fingerprint density at radius 1 is 1.25 bits per heavy atom. The van der Waals surface area contributed by atoms with Gasteiger partial charge in [0.1, 0.15) is 0 Å². The van der Waals surface area contributed by atoms with Gasteiger partial charge in [0.2, 0.25) is 0 Å². The second-order valence-corrected chi connectivity index (χ2v) is 7.93. The van der Waals surface area contributed by atoms with E-state index in [1.54, 1.807) is 12.1 Å². The smallest absolute Gasteiger partial charge is 0.301 e. The van der Waals surface area contributed by atoms with E-state index < -0.39 is 10.2 Å². The van der Waals surface area contributed by atoms with Crippen LogP contribution in [0.5, 0.6) is 0 Å². The number of nitrogens with one attached hydrogen (secondary N) is 2. The molecule has 1 heterocycles. The first kappa shape index (κ1) is 16.0. The molecule has 7 heteroatoms. The Hall–Kier alpha value is -0.380. The van der Waals surface area contributed by atoms with E-state index in [0.717, 1.165) is 23.0 Å². The van der Waals surface area contributed by atoms with Gasteiger partial charge in [-0.15, -0.1) is 0 Å². The third kappa shape index (κ3) is 4.31. The molecule has 0 saturated carbocycles. The highest BCUT2D eigenvalue weighted by Gasteiger charge is 2.27. The minimum absolute atomic E-state index is 0.574. The van der Waals surface area contributed by atoms with Crippen LogP contribution in [-0.4, -0.2) is 39.4 Å². The second kappa shape index (κ2) is 7.06. The van der Waals surface area contributed by atoms with Crippen LogP contribution in [0, 0.1) is 9.49 Å². The van der Waals surface area contributed by atoms with E-state index in [1.807, 2.05) is 19.2 Å². The van der Waals surface area contributed by atoms with Crippen molar-refractivity contribution >= 4 is 38.5 Å². The number of rotatable bonds is 5. The maximum Gasteiger partial charge on any atom is 0.301 e. The lowest BCUT2D eigenvalue weighted by atomic mass is 9.98. The lowest BCUT2D eigenvalue weighted by Gasteiger charge is -2.31. The van der Waals surface area contributed by atoms with E-state index in [-0.39, 0.29) is 0 Å². The molecule has 1 aromatic carbocycles. The normalized spacial score (nSPS) is 18.1. The van der Waals surface area contributed by atoms with Crippen LogP contribution in [0.15, 0.2) is 24.3 Å². The largest absolute Gasteiger partial charge is 0.319 e. The lowest BCUT2D eigenvalue weighted by Crippen LogP contribution is -2.43. The fourth-order valence-corrected chi connectivity index (χ4v) is 3.99. The van der Waals surface area contributed by atoms with Crippen LogP contribution in [0.25, 0.3) is 0 Å². The average Bonchev–Trinajstić information content (AvgIpc) is 2.42. The molecule has 0 bridgehead atoms. The highest BCUT2D eigenvalue weighted by Crippen LogP contribution is 2.20. The summed E-state index contributed by atoms with van der Waals surface area (Å²) in [4.78, 5) is 0. The summed E-state index contributed by atoms with van der Waals surface area (Å²) in [6.07, 6.45) is 1.82. The van der Waals surface area contributed by atoms with Gasteiger partial charge < -0.3 is 5.32 Å². The zero-order chi connectivity index (χ0) is 14.6. The van der Waals surface area contributed by atoms with Gasteiger partial charge in [-0.05, 0) is 79.2 Å². The number of halogens is 1. The van der Waals surface area contributed by atoms with Gasteiger partial charge >= 0.3 is 10.2 Å². The summed E-state index contributed by atoms with van der Waals surface area (Å²) in [6, 6.07) is 7.34. The average molecular weight is 409 g/mol. The molecule has 2 N–H and O–H groups in total. The molecule has 0 amide bonds. The molecule has 1 aliphatic heterocycles. The summed E-state index contributed by atoms with van der Waals surface area (Å²) in [5, 5.41) is 3.15. The molecule has 1 aromatic rings. The molecule has 112 valence electrons. The molecule has 1 saturated heterocycles. The van der Waals surface area contributed by atoms with Gasteiger partial charge in [-0.2, -0.15) is 12.7 Å². The van der Waals surface area contributed by atoms with Gasteiger partial charge in [0, 0.05) is 22.3 Å². The van der Waals surface area contributed by atoms with Gasteiger partial charge in [0.15, 0.2) is 0 Å². The van der Waals surface area contributed by atoms with E-state index in [2.05, 4.69) is 32.6 Å². The molecule has 0 aliphatic carbocycles. The molecule has 0 spiro atoms. The van der Waals surface area contributed by atoms with E-state index in [1.165, 1.54) is 4.31 Å². The quantitative estimate of drug-likeness (QED) is 0.731. The lowest BCUT2D eigenvalue weighted by molar-refractivity contribution is 0.272. The van der Waals surface area contributed by atoms with Crippen molar-refractivity contribution in [1.82, 2.24) is 9.62 Å². The van der Waals surface area contributed by atoms with Crippen molar-refractivity contribution in [3.05, 3.63) is 27.8 Å². The highest BCUT2D eigenvalue weighted by atomic mass is 127. The topological polar surface area (TPSA) is 61.4 Å². The van der Waals surface area contributed by atoms with E-state index in [0.29, 0.717) is 24.7 Å². The van der Waals surface area contributed by atoms with Gasteiger partial charge in [0.05, 0.1) is 0 Å². The Bertz CT molecular complexity index is 525.